The molecule has 0 spiro atoms. The molecule has 3 N–H and O–H groups in total. The van der Waals surface area contributed by atoms with Gasteiger partial charge in [0.25, 0.3) is 0 Å². The molecular weight excluding hydrogens is 362 g/mol. The number of carboxylic acids is 1. The molecule has 1 aliphatic rings. The zero-order valence-electron chi connectivity index (χ0n) is 16.3. The number of nitrogens with two attached hydrogens (primary N) is 1. The Balaban J connectivity index is 1.54. The smallest absolute Gasteiger partial charge is 0.307 e. The lowest BCUT2D eigenvalue weighted by Gasteiger charge is -2.13. The van der Waals surface area contributed by atoms with Crippen LogP contribution in [0.5, 0.6) is 5.75 Å². The number of aliphatic carboxylic acids is 1. The standard InChI is InChI=1S/C25H25NO3/c26-15-17-3-1-5-20(11-17)21-6-2-4-18(12-21)16-29-24-13-22(19-7-8-19)9-10-23(24)14-25(27)28/h1-6,9-13,19H,7-8,14-16,26H2,(H,27,28). The normalized spacial score (nSPS) is 13.3. The molecule has 4 nitrogen and oxygen atoms in total. The molecule has 29 heavy (non-hydrogen) atoms. The summed E-state index contributed by atoms with van der Waals surface area (Å²) in [6.07, 6.45) is 2.36. The maximum absolute atomic E-state index is 11.2. The van der Waals surface area contributed by atoms with Crippen molar-refractivity contribution in [3.05, 3.63) is 89.0 Å². The van der Waals surface area contributed by atoms with Crippen molar-refractivity contribution in [2.75, 3.05) is 0 Å². The van der Waals surface area contributed by atoms with E-state index < -0.39 is 5.97 Å². The van der Waals surface area contributed by atoms with Gasteiger partial charge in [-0.1, -0.05) is 48.5 Å². The molecule has 0 radical (unpaired) electrons. The first kappa shape index (κ1) is 19.2. The molecule has 0 saturated heterocycles. The van der Waals surface area contributed by atoms with Crippen LogP contribution in [0.3, 0.4) is 0 Å². The minimum absolute atomic E-state index is 0.0355. The maximum atomic E-state index is 11.2. The van der Waals surface area contributed by atoms with Gasteiger partial charge in [0.05, 0.1) is 6.42 Å². The number of ether oxygens (including phenoxy) is 1. The number of rotatable bonds is 8. The number of carbonyl (C=O) groups is 1. The van der Waals surface area contributed by atoms with E-state index in [0.717, 1.165) is 22.3 Å². The lowest BCUT2D eigenvalue weighted by Crippen LogP contribution is -2.05. The number of hydrogen-bond donors (Lipinski definition) is 2. The number of benzene rings is 3. The summed E-state index contributed by atoms with van der Waals surface area (Å²) < 4.78 is 6.10. The highest BCUT2D eigenvalue weighted by Crippen LogP contribution is 2.41. The van der Waals surface area contributed by atoms with E-state index in [1.54, 1.807) is 0 Å². The largest absolute Gasteiger partial charge is 0.489 e. The molecule has 0 amide bonds. The van der Waals surface area contributed by atoms with Gasteiger partial charge in [-0.05, 0) is 64.8 Å². The molecule has 0 unspecified atom stereocenters. The van der Waals surface area contributed by atoms with Crippen molar-refractivity contribution in [2.24, 2.45) is 5.73 Å². The summed E-state index contributed by atoms with van der Waals surface area (Å²) in [7, 11) is 0. The number of hydrogen-bond acceptors (Lipinski definition) is 3. The van der Waals surface area contributed by atoms with E-state index in [1.165, 1.54) is 18.4 Å². The Bertz CT molecular complexity index is 1020. The van der Waals surface area contributed by atoms with Crippen molar-refractivity contribution in [3.63, 3.8) is 0 Å². The fourth-order valence-electron chi connectivity index (χ4n) is 3.56. The van der Waals surface area contributed by atoms with E-state index >= 15 is 0 Å². The minimum atomic E-state index is -0.851. The van der Waals surface area contributed by atoms with Crippen LogP contribution in [-0.4, -0.2) is 11.1 Å². The van der Waals surface area contributed by atoms with Gasteiger partial charge in [-0.25, -0.2) is 0 Å². The molecule has 0 bridgehead atoms. The van der Waals surface area contributed by atoms with Crippen molar-refractivity contribution in [1.29, 1.82) is 0 Å². The number of carboxylic acid groups (broad SMARTS) is 1. The summed E-state index contributed by atoms with van der Waals surface area (Å²) >= 11 is 0. The zero-order valence-corrected chi connectivity index (χ0v) is 16.3. The third-order valence-electron chi connectivity index (χ3n) is 5.30. The van der Waals surface area contributed by atoms with Gasteiger partial charge in [-0.15, -0.1) is 0 Å². The molecule has 3 aromatic carbocycles. The fourth-order valence-corrected chi connectivity index (χ4v) is 3.56. The molecule has 0 heterocycles. The van der Waals surface area contributed by atoms with Gasteiger partial charge >= 0.3 is 5.97 Å². The van der Waals surface area contributed by atoms with E-state index in [-0.39, 0.29) is 6.42 Å². The van der Waals surface area contributed by atoms with Gasteiger partial charge < -0.3 is 15.6 Å². The van der Waals surface area contributed by atoms with Crippen LogP contribution in [0.4, 0.5) is 0 Å². The lowest BCUT2D eigenvalue weighted by molar-refractivity contribution is -0.136. The predicted octanol–water partition coefficient (Wildman–Crippen LogP) is 4.90. The molecule has 3 aromatic rings. The zero-order chi connectivity index (χ0) is 20.2. The minimum Gasteiger partial charge on any atom is -0.489 e. The molecular formula is C25H25NO3. The second-order valence-electron chi connectivity index (χ2n) is 7.61. The Morgan fingerprint density at radius 1 is 0.966 bits per heavy atom. The van der Waals surface area contributed by atoms with Crippen LogP contribution in [-0.2, 0) is 24.4 Å². The van der Waals surface area contributed by atoms with Crippen LogP contribution in [0, 0.1) is 0 Å². The summed E-state index contributed by atoms with van der Waals surface area (Å²) in [6, 6.07) is 22.4. The summed E-state index contributed by atoms with van der Waals surface area (Å²) in [5.74, 6) is 0.414. The first-order valence-electron chi connectivity index (χ1n) is 9.98. The highest BCUT2D eigenvalue weighted by Gasteiger charge is 2.24. The van der Waals surface area contributed by atoms with Crippen molar-refractivity contribution in [2.45, 2.75) is 38.3 Å². The van der Waals surface area contributed by atoms with Gasteiger partial charge in [-0.3, -0.25) is 4.79 Å². The molecule has 1 fully saturated rings. The van der Waals surface area contributed by atoms with Gasteiger partial charge in [-0.2, -0.15) is 0 Å². The summed E-state index contributed by atoms with van der Waals surface area (Å²) in [5.41, 5.74) is 12.1. The fraction of sp³-hybridized carbons (Fsp3) is 0.240. The van der Waals surface area contributed by atoms with E-state index in [1.807, 2.05) is 42.5 Å². The highest BCUT2D eigenvalue weighted by molar-refractivity contribution is 5.71. The van der Waals surface area contributed by atoms with Crippen LogP contribution in [0.1, 0.15) is 41.0 Å². The Kier molecular flexibility index (Phi) is 5.63. The topological polar surface area (TPSA) is 72.5 Å². The maximum Gasteiger partial charge on any atom is 0.307 e. The van der Waals surface area contributed by atoms with Crippen LogP contribution < -0.4 is 10.5 Å². The molecule has 1 saturated carbocycles. The average molecular weight is 387 g/mol. The third-order valence-corrected chi connectivity index (χ3v) is 5.30. The van der Waals surface area contributed by atoms with E-state index in [9.17, 15) is 9.90 Å². The Morgan fingerprint density at radius 2 is 1.66 bits per heavy atom. The molecule has 1 aliphatic carbocycles. The van der Waals surface area contributed by atoms with E-state index in [4.69, 9.17) is 10.5 Å². The van der Waals surface area contributed by atoms with Gasteiger partial charge in [0.2, 0.25) is 0 Å². The Labute approximate surface area is 171 Å². The highest BCUT2D eigenvalue weighted by atomic mass is 16.5. The molecule has 0 atom stereocenters. The average Bonchev–Trinajstić information content (AvgIpc) is 3.58. The Morgan fingerprint density at radius 3 is 2.31 bits per heavy atom. The van der Waals surface area contributed by atoms with Crippen molar-refractivity contribution < 1.29 is 14.6 Å². The SMILES string of the molecule is NCc1cccc(-c2cccc(COc3cc(C4CC4)ccc3CC(=O)O)c2)c1. The van der Waals surface area contributed by atoms with Crippen LogP contribution in [0.25, 0.3) is 11.1 Å². The van der Waals surface area contributed by atoms with Crippen LogP contribution in [0.2, 0.25) is 0 Å². The molecule has 148 valence electrons. The van der Waals surface area contributed by atoms with Crippen molar-refractivity contribution in [1.82, 2.24) is 0 Å². The molecule has 4 heteroatoms. The second kappa shape index (κ2) is 8.50. The van der Waals surface area contributed by atoms with E-state index in [0.29, 0.717) is 30.4 Å². The summed E-state index contributed by atoms with van der Waals surface area (Å²) in [5, 5.41) is 9.21. The molecule has 0 aliphatic heterocycles. The summed E-state index contributed by atoms with van der Waals surface area (Å²) in [6.45, 7) is 0.908. The van der Waals surface area contributed by atoms with Gasteiger partial charge in [0.1, 0.15) is 12.4 Å². The van der Waals surface area contributed by atoms with Crippen molar-refractivity contribution in [3.8, 4) is 16.9 Å². The Hall–Kier alpha value is -3.11. The first-order chi connectivity index (χ1) is 14.1. The van der Waals surface area contributed by atoms with Gasteiger partial charge in [0.15, 0.2) is 0 Å². The first-order valence-corrected chi connectivity index (χ1v) is 9.98. The molecule has 0 aromatic heterocycles. The predicted molar refractivity (Wildman–Crippen MR) is 114 cm³/mol. The van der Waals surface area contributed by atoms with E-state index in [2.05, 4.69) is 24.3 Å². The lowest BCUT2D eigenvalue weighted by atomic mass is 10.0. The van der Waals surface area contributed by atoms with Crippen LogP contribution >= 0.6 is 0 Å². The monoisotopic (exact) mass is 387 g/mol. The quantitative estimate of drug-likeness (QED) is 0.577. The van der Waals surface area contributed by atoms with Gasteiger partial charge in [0, 0.05) is 12.1 Å². The third kappa shape index (κ3) is 4.84. The van der Waals surface area contributed by atoms with Crippen LogP contribution in [0.15, 0.2) is 66.7 Å². The summed E-state index contributed by atoms with van der Waals surface area (Å²) in [4.78, 5) is 11.2. The molecule has 4 rings (SSSR count). The van der Waals surface area contributed by atoms with Crippen molar-refractivity contribution >= 4 is 5.97 Å². The second-order valence-corrected chi connectivity index (χ2v) is 7.61.